The lowest BCUT2D eigenvalue weighted by atomic mass is 10.2. The molecule has 3 rings (SSSR count). The van der Waals surface area contributed by atoms with E-state index in [0.29, 0.717) is 10.7 Å². The minimum Gasteiger partial charge on any atom is -0.318 e. The van der Waals surface area contributed by atoms with Crippen molar-refractivity contribution < 1.29 is 9.59 Å². The normalized spacial score (nSPS) is 10.9. The molecule has 0 fully saturated rings. The van der Waals surface area contributed by atoms with Crippen LogP contribution in [0, 0.1) is 20.8 Å². The van der Waals surface area contributed by atoms with Crippen molar-refractivity contribution in [3.05, 3.63) is 82.1 Å². The van der Waals surface area contributed by atoms with Gasteiger partial charge in [0.1, 0.15) is 0 Å². The zero-order valence-corrected chi connectivity index (χ0v) is 17.1. The molecular formula is C22H21ClN4O2. The van der Waals surface area contributed by atoms with Crippen molar-refractivity contribution >= 4 is 35.3 Å². The van der Waals surface area contributed by atoms with Gasteiger partial charge in [0.15, 0.2) is 0 Å². The van der Waals surface area contributed by atoms with Gasteiger partial charge in [-0.1, -0.05) is 35.4 Å². The van der Waals surface area contributed by atoms with Gasteiger partial charge in [0.2, 0.25) is 0 Å². The predicted octanol–water partition coefficient (Wildman–Crippen LogP) is 4.14. The van der Waals surface area contributed by atoms with E-state index in [9.17, 15) is 9.59 Å². The smallest absolute Gasteiger partial charge is 0.318 e. The molecule has 2 N–H and O–H groups in total. The highest BCUT2D eigenvalue weighted by molar-refractivity contribution is 6.39. The molecule has 7 heteroatoms. The number of carbonyl (C=O) groups excluding carboxylic acids is 2. The van der Waals surface area contributed by atoms with Gasteiger partial charge < -0.3 is 9.88 Å². The number of benzene rings is 2. The Labute approximate surface area is 174 Å². The molecule has 0 atom stereocenters. The molecule has 1 aromatic heterocycles. The van der Waals surface area contributed by atoms with Crippen LogP contribution in [0.2, 0.25) is 5.02 Å². The van der Waals surface area contributed by atoms with E-state index in [1.165, 1.54) is 11.8 Å². The molecule has 0 aliphatic carbocycles. The molecule has 0 bridgehead atoms. The summed E-state index contributed by atoms with van der Waals surface area (Å²) in [7, 11) is 0. The largest absolute Gasteiger partial charge is 0.329 e. The molecule has 0 spiro atoms. The third-order valence-corrected chi connectivity index (χ3v) is 4.66. The third kappa shape index (κ3) is 4.92. The Bertz CT molecular complexity index is 1080. The van der Waals surface area contributed by atoms with E-state index in [-0.39, 0.29) is 0 Å². The number of amides is 2. The zero-order chi connectivity index (χ0) is 21.0. The van der Waals surface area contributed by atoms with Crippen LogP contribution in [0.3, 0.4) is 0 Å². The fourth-order valence-electron chi connectivity index (χ4n) is 2.97. The Hall–Kier alpha value is -3.38. The van der Waals surface area contributed by atoms with Gasteiger partial charge in [-0.2, -0.15) is 5.10 Å². The van der Waals surface area contributed by atoms with E-state index in [1.54, 1.807) is 24.3 Å². The van der Waals surface area contributed by atoms with Crippen LogP contribution >= 0.6 is 11.6 Å². The van der Waals surface area contributed by atoms with Gasteiger partial charge in [-0.05, 0) is 57.2 Å². The van der Waals surface area contributed by atoms with Gasteiger partial charge in [0.05, 0.1) is 6.21 Å². The average Bonchev–Trinajstić information content (AvgIpc) is 2.96. The molecule has 3 aromatic rings. The molecular weight excluding hydrogens is 388 g/mol. The first-order valence-corrected chi connectivity index (χ1v) is 9.39. The molecule has 6 nitrogen and oxygen atoms in total. The summed E-state index contributed by atoms with van der Waals surface area (Å²) in [4.78, 5) is 23.9. The van der Waals surface area contributed by atoms with Crippen LogP contribution in [-0.4, -0.2) is 22.6 Å². The van der Waals surface area contributed by atoms with Crippen LogP contribution in [-0.2, 0) is 9.59 Å². The molecule has 0 saturated carbocycles. The minimum absolute atomic E-state index is 0.434. The fourth-order valence-corrected chi connectivity index (χ4v) is 3.17. The first kappa shape index (κ1) is 20.4. The van der Waals surface area contributed by atoms with Crippen molar-refractivity contribution in [1.29, 1.82) is 0 Å². The molecule has 0 aliphatic rings. The number of nitrogens with zero attached hydrogens (tertiary/aromatic N) is 2. The number of rotatable bonds is 4. The summed E-state index contributed by atoms with van der Waals surface area (Å²) in [6.45, 7) is 6.02. The van der Waals surface area contributed by atoms with E-state index >= 15 is 0 Å². The number of aryl methyl sites for hydroxylation is 2. The van der Waals surface area contributed by atoms with E-state index in [1.807, 2.05) is 26.8 Å². The zero-order valence-electron chi connectivity index (χ0n) is 16.4. The lowest BCUT2D eigenvalue weighted by Crippen LogP contribution is -2.32. The maximum absolute atomic E-state index is 12.0. The van der Waals surface area contributed by atoms with Crippen molar-refractivity contribution in [1.82, 2.24) is 9.99 Å². The standard InChI is InChI=1S/C22H21ClN4O2/c1-14-7-9-20(10-8-14)27-15(2)11-17(16(27)3)13-24-26-22(29)21(28)25-19-6-4-5-18(23)12-19/h4-13H,1-3H3,(H,25,28)(H,26,29)/b24-13-. The Balaban J connectivity index is 1.67. The van der Waals surface area contributed by atoms with Gasteiger partial charge in [0, 0.05) is 33.3 Å². The Morgan fingerprint density at radius 3 is 2.41 bits per heavy atom. The number of hydrazone groups is 1. The van der Waals surface area contributed by atoms with Crippen LogP contribution in [0.25, 0.3) is 5.69 Å². The molecule has 2 aromatic carbocycles. The van der Waals surface area contributed by atoms with E-state index in [2.05, 4.69) is 44.7 Å². The van der Waals surface area contributed by atoms with Crippen LogP contribution in [0.1, 0.15) is 22.5 Å². The highest BCUT2D eigenvalue weighted by Crippen LogP contribution is 2.20. The summed E-state index contributed by atoms with van der Waals surface area (Å²) in [5, 5.41) is 6.85. The molecule has 2 amide bonds. The van der Waals surface area contributed by atoms with Crippen molar-refractivity contribution in [3.63, 3.8) is 0 Å². The Kier molecular flexibility index (Phi) is 6.14. The molecule has 0 radical (unpaired) electrons. The first-order chi connectivity index (χ1) is 13.8. The number of hydrogen-bond donors (Lipinski definition) is 2. The van der Waals surface area contributed by atoms with Crippen LogP contribution in [0.4, 0.5) is 5.69 Å². The van der Waals surface area contributed by atoms with Gasteiger partial charge in [0.25, 0.3) is 0 Å². The average molecular weight is 409 g/mol. The highest BCUT2D eigenvalue weighted by Gasteiger charge is 2.13. The molecule has 0 aliphatic heterocycles. The monoisotopic (exact) mass is 408 g/mol. The van der Waals surface area contributed by atoms with Crippen molar-refractivity contribution in [2.45, 2.75) is 20.8 Å². The number of carbonyl (C=O) groups is 2. The second-order valence-electron chi connectivity index (χ2n) is 6.66. The first-order valence-electron chi connectivity index (χ1n) is 9.01. The summed E-state index contributed by atoms with van der Waals surface area (Å²) >= 11 is 5.86. The summed E-state index contributed by atoms with van der Waals surface area (Å²) in [6, 6.07) is 16.7. The number of anilines is 1. The lowest BCUT2D eigenvalue weighted by Gasteiger charge is -2.09. The maximum atomic E-state index is 12.0. The van der Waals surface area contributed by atoms with Crippen molar-refractivity contribution in [3.8, 4) is 5.69 Å². The summed E-state index contributed by atoms with van der Waals surface area (Å²) < 4.78 is 2.11. The molecule has 1 heterocycles. The van der Waals surface area contributed by atoms with Gasteiger partial charge in [-0.25, -0.2) is 5.43 Å². The third-order valence-electron chi connectivity index (χ3n) is 4.42. The molecule has 0 saturated heterocycles. The molecule has 0 unspecified atom stereocenters. The topological polar surface area (TPSA) is 75.5 Å². The highest BCUT2D eigenvalue weighted by atomic mass is 35.5. The number of halogens is 1. The number of aromatic nitrogens is 1. The lowest BCUT2D eigenvalue weighted by molar-refractivity contribution is -0.136. The van der Waals surface area contributed by atoms with E-state index in [4.69, 9.17) is 11.6 Å². The number of hydrogen-bond acceptors (Lipinski definition) is 3. The van der Waals surface area contributed by atoms with Crippen LogP contribution < -0.4 is 10.7 Å². The second kappa shape index (κ2) is 8.75. The van der Waals surface area contributed by atoms with Crippen LogP contribution in [0.5, 0.6) is 0 Å². The van der Waals surface area contributed by atoms with Gasteiger partial charge in [-0.3, -0.25) is 9.59 Å². The minimum atomic E-state index is -0.867. The Morgan fingerprint density at radius 1 is 1.00 bits per heavy atom. The Morgan fingerprint density at radius 2 is 1.72 bits per heavy atom. The fraction of sp³-hybridized carbons (Fsp3) is 0.136. The summed E-state index contributed by atoms with van der Waals surface area (Å²) in [5.41, 5.74) is 7.79. The van der Waals surface area contributed by atoms with Gasteiger partial charge in [-0.15, -0.1) is 0 Å². The quantitative estimate of drug-likeness (QED) is 0.386. The van der Waals surface area contributed by atoms with Gasteiger partial charge >= 0.3 is 11.8 Å². The van der Waals surface area contributed by atoms with E-state index < -0.39 is 11.8 Å². The SMILES string of the molecule is Cc1ccc(-n2c(C)cc(/C=N\NC(=O)C(=O)Nc3cccc(Cl)c3)c2C)cc1. The van der Waals surface area contributed by atoms with Crippen molar-refractivity contribution in [2.75, 3.05) is 5.32 Å². The molecule has 148 valence electrons. The second-order valence-corrected chi connectivity index (χ2v) is 7.10. The predicted molar refractivity (Wildman–Crippen MR) is 116 cm³/mol. The maximum Gasteiger partial charge on any atom is 0.329 e. The van der Waals surface area contributed by atoms with Crippen molar-refractivity contribution in [2.24, 2.45) is 5.10 Å². The molecule has 29 heavy (non-hydrogen) atoms. The van der Waals surface area contributed by atoms with E-state index in [0.717, 1.165) is 22.6 Å². The summed E-state index contributed by atoms with van der Waals surface area (Å²) in [5.74, 6) is -1.69. The number of nitrogens with one attached hydrogen (secondary N) is 2. The summed E-state index contributed by atoms with van der Waals surface area (Å²) in [6.07, 6.45) is 1.53. The van der Waals surface area contributed by atoms with Crippen LogP contribution in [0.15, 0.2) is 59.7 Å².